The van der Waals surface area contributed by atoms with Gasteiger partial charge < -0.3 is 14.5 Å². The number of aromatic nitrogens is 2. The van der Waals surface area contributed by atoms with Gasteiger partial charge in [-0.15, -0.1) is 0 Å². The van der Waals surface area contributed by atoms with Gasteiger partial charge in [0.1, 0.15) is 23.7 Å². The lowest BCUT2D eigenvalue weighted by Gasteiger charge is -2.06. The maximum absolute atomic E-state index is 12.3. The molecule has 3 aromatic rings. The number of benzene rings is 1. The van der Waals surface area contributed by atoms with E-state index < -0.39 is 0 Å². The van der Waals surface area contributed by atoms with E-state index in [2.05, 4.69) is 15.3 Å². The molecule has 0 aliphatic rings. The number of nitrogens with one attached hydrogen (secondary N) is 1. The van der Waals surface area contributed by atoms with Crippen molar-refractivity contribution in [3.63, 3.8) is 0 Å². The van der Waals surface area contributed by atoms with Gasteiger partial charge in [-0.25, -0.2) is 9.97 Å². The molecule has 0 bridgehead atoms. The van der Waals surface area contributed by atoms with Crippen LogP contribution in [0.2, 0.25) is 0 Å². The summed E-state index contributed by atoms with van der Waals surface area (Å²) in [5.74, 6) is 1.64. The summed E-state index contributed by atoms with van der Waals surface area (Å²) in [6, 6.07) is 7.55. The molecule has 0 saturated heterocycles. The van der Waals surface area contributed by atoms with Crippen LogP contribution in [-0.2, 0) is 4.79 Å². The summed E-state index contributed by atoms with van der Waals surface area (Å²) in [5.41, 5.74) is 2.21. The van der Waals surface area contributed by atoms with Gasteiger partial charge in [0.15, 0.2) is 0 Å². The van der Waals surface area contributed by atoms with Gasteiger partial charge in [-0.3, -0.25) is 4.79 Å². The molecule has 1 N–H and O–H groups in total. The second-order valence-corrected chi connectivity index (χ2v) is 5.48. The van der Waals surface area contributed by atoms with Gasteiger partial charge in [-0.2, -0.15) is 0 Å². The first-order valence-electron chi connectivity index (χ1n) is 8.01. The van der Waals surface area contributed by atoms with Crippen LogP contribution in [0.3, 0.4) is 0 Å². The first-order valence-corrected chi connectivity index (χ1v) is 8.01. The largest absolute Gasteiger partial charge is 0.493 e. The van der Waals surface area contributed by atoms with Gasteiger partial charge in [0, 0.05) is 17.2 Å². The molecule has 0 aliphatic carbocycles. The molecule has 6 heteroatoms. The van der Waals surface area contributed by atoms with Crippen molar-refractivity contribution in [2.75, 3.05) is 11.9 Å². The lowest BCUT2D eigenvalue weighted by molar-refractivity contribution is -0.111. The zero-order valence-corrected chi connectivity index (χ0v) is 14.4. The molecule has 3 rings (SSSR count). The first kappa shape index (κ1) is 16.7. The molecule has 0 saturated carbocycles. The number of furan rings is 1. The summed E-state index contributed by atoms with van der Waals surface area (Å²) in [6.45, 7) is 6.25. The minimum atomic E-state index is -0.287. The molecule has 0 spiro atoms. The van der Waals surface area contributed by atoms with Crippen molar-refractivity contribution in [2.45, 2.75) is 20.8 Å². The number of rotatable bonds is 5. The Morgan fingerprint density at radius 1 is 1.28 bits per heavy atom. The highest BCUT2D eigenvalue weighted by Gasteiger charge is 2.14. The monoisotopic (exact) mass is 337 g/mol. The van der Waals surface area contributed by atoms with Crippen LogP contribution in [0, 0.1) is 13.8 Å². The SMILES string of the molecule is CCOc1ccccc1/C=C/C(=O)Nc1ncnc2oc(C)c(C)c12. The highest BCUT2D eigenvalue weighted by atomic mass is 16.5. The lowest BCUT2D eigenvalue weighted by Crippen LogP contribution is -2.10. The minimum Gasteiger partial charge on any atom is -0.493 e. The summed E-state index contributed by atoms with van der Waals surface area (Å²) < 4.78 is 11.1. The zero-order chi connectivity index (χ0) is 17.8. The Hall–Kier alpha value is -3.15. The molecule has 25 heavy (non-hydrogen) atoms. The number of hydrogen-bond acceptors (Lipinski definition) is 5. The van der Waals surface area contributed by atoms with Crippen molar-refractivity contribution in [3.05, 3.63) is 53.6 Å². The first-order chi connectivity index (χ1) is 12.1. The number of carbonyl (C=O) groups excluding carboxylic acids is 1. The number of nitrogens with zero attached hydrogens (tertiary/aromatic N) is 2. The van der Waals surface area contributed by atoms with E-state index in [-0.39, 0.29) is 5.91 Å². The third-order valence-electron chi connectivity index (χ3n) is 3.84. The Labute approximate surface area is 145 Å². The molecule has 2 aromatic heterocycles. The predicted molar refractivity (Wildman–Crippen MR) is 96.6 cm³/mol. The third kappa shape index (κ3) is 3.52. The lowest BCUT2D eigenvalue weighted by atomic mass is 10.2. The number of fused-ring (bicyclic) bond motifs is 1. The fourth-order valence-corrected chi connectivity index (χ4v) is 2.51. The normalized spacial score (nSPS) is 11.2. The van der Waals surface area contributed by atoms with Crippen LogP contribution in [0.4, 0.5) is 5.82 Å². The Bertz CT molecular complexity index is 944. The molecule has 1 amide bonds. The summed E-state index contributed by atoms with van der Waals surface area (Å²) in [7, 11) is 0. The van der Waals surface area contributed by atoms with Gasteiger partial charge in [-0.1, -0.05) is 18.2 Å². The smallest absolute Gasteiger partial charge is 0.249 e. The quantitative estimate of drug-likeness (QED) is 0.715. The van der Waals surface area contributed by atoms with Gasteiger partial charge in [-0.05, 0) is 32.9 Å². The number of hydrogen-bond donors (Lipinski definition) is 1. The number of aryl methyl sites for hydroxylation is 2. The molecule has 128 valence electrons. The summed E-state index contributed by atoms with van der Waals surface area (Å²) >= 11 is 0. The average molecular weight is 337 g/mol. The standard InChI is InChI=1S/C19H19N3O3/c1-4-24-15-8-6-5-7-14(15)9-10-16(23)22-18-17-12(2)13(3)25-19(17)21-11-20-18/h5-11H,4H2,1-3H3,(H,20,21,22,23)/b10-9+. The van der Waals surface area contributed by atoms with Gasteiger partial charge in [0.05, 0.1) is 12.0 Å². The maximum Gasteiger partial charge on any atom is 0.249 e. The second kappa shape index (κ2) is 7.17. The van der Waals surface area contributed by atoms with E-state index in [4.69, 9.17) is 9.15 Å². The molecule has 0 atom stereocenters. The summed E-state index contributed by atoms with van der Waals surface area (Å²) in [5, 5.41) is 3.50. The Morgan fingerprint density at radius 3 is 2.88 bits per heavy atom. The second-order valence-electron chi connectivity index (χ2n) is 5.48. The van der Waals surface area contributed by atoms with E-state index >= 15 is 0 Å². The van der Waals surface area contributed by atoms with E-state index in [1.807, 2.05) is 45.0 Å². The van der Waals surface area contributed by atoms with E-state index in [9.17, 15) is 4.79 Å². The van der Waals surface area contributed by atoms with Crippen LogP contribution < -0.4 is 10.1 Å². The molecular formula is C19H19N3O3. The Morgan fingerprint density at radius 2 is 2.08 bits per heavy atom. The highest BCUT2D eigenvalue weighted by Crippen LogP contribution is 2.28. The topological polar surface area (TPSA) is 77.2 Å². The summed E-state index contributed by atoms with van der Waals surface area (Å²) in [6.07, 6.45) is 4.54. The third-order valence-corrected chi connectivity index (χ3v) is 3.84. The van der Waals surface area contributed by atoms with Crippen LogP contribution in [0.15, 0.2) is 41.1 Å². The molecule has 0 aliphatic heterocycles. The zero-order valence-electron chi connectivity index (χ0n) is 14.4. The molecule has 0 radical (unpaired) electrons. The number of ether oxygens (including phenoxy) is 1. The minimum absolute atomic E-state index is 0.287. The number of amides is 1. The van der Waals surface area contributed by atoms with Crippen molar-refractivity contribution < 1.29 is 13.9 Å². The van der Waals surface area contributed by atoms with Crippen molar-refractivity contribution in [2.24, 2.45) is 0 Å². The molecule has 6 nitrogen and oxygen atoms in total. The number of para-hydroxylation sites is 1. The fourth-order valence-electron chi connectivity index (χ4n) is 2.51. The molecular weight excluding hydrogens is 318 g/mol. The van der Waals surface area contributed by atoms with E-state index in [1.165, 1.54) is 12.4 Å². The predicted octanol–water partition coefficient (Wildman–Crippen LogP) is 3.89. The van der Waals surface area contributed by atoms with Gasteiger partial charge in [0.25, 0.3) is 0 Å². The van der Waals surface area contributed by atoms with Crippen LogP contribution in [0.25, 0.3) is 17.2 Å². The van der Waals surface area contributed by atoms with Crippen molar-refractivity contribution in [3.8, 4) is 5.75 Å². The van der Waals surface area contributed by atoms with Crippen molar-refractivity contribution in [1.29, 1.82) is 0 Å². The van der Waals surface area contributed by atoms with Crippen molar-refractivity contribution >= 4 is 28.9 Å². The van der Waals surface area contributed by atoms with Crippen LogP contribution in [-0.4, -0.2) is 22.5 Å². The number of anilines is 1. The van der Waals surface area contributed by atoms with Crippen LogP contribution >= 0.6 is 0 Å². The van der Waals surface area contributed by atoms with Crippen molar-refractivity contribution in [1.82, 2.24) is 9.97 Å². The van der Waals surface area contributed by atoms with Crippen LogP contribution in [0.5, 0.6) is 5.75 Å². The maximum atomic E-state index is 12.3. The molecule has 0 unspecified atom stereocenters. The van der Waals surface area contributed by atoms with E-state index in [1.54, 1.807) is 6.08 Å². The highest BCUT2D eigenvalue weighted by molar-refractivity contribution is 6.06. The summed E-state index contributed by atoms with van der Waals surface area (Å²) in [4.78, 5) is 20.5. The van der Waals surface area contributed by atoms with E-state index in [0.717, 1.165) is 28.0 Å². The fraction of sp³-hybridized carbons (Fsp3) is 0.211. The van der Waals surface area contributed by atoms with Gasteiger partial charge in [0.2, 0.25) is 11.6 Å². The average Bonchev–Trinajstić information content (AvgIpc) is 2.90. The number of carbonyl (C=O) groups is 1. The van der Waals surface area contributed by atoms with Crippen LogP contribution in [0.1, 0.15) is 23.8 Å². The van der Waals surface area contributed by atoms with Gasteiger partial charge >= 0.3 is 0 Å². The Kier molecular flexibility index (Phi) is 4.79. The Balaban J connectivity index is 1.82. The van der Waals surface area contributed by atoms with E-state index in [0.29, 0.717) is 18.1 Å². The molecule has 1 aromatic carbocycles. The molecule has 0 fully saturated rings. The molecule has 2 heterocycles.